The molecule has 1 fully saturated rings. The molecule has 0 radical (unpaired) electrons. The summed E-state index contributed by atoms with van der Waals surface area (Å²) in [7, 11) is -3.92. The first-order chi connectivity index (χ1) is 11.2. The monoisotopic (exact) mass is 358 g/mol. The Balaban J connectivity index is 2.22. The summed E-state index contributed by atoms with van der Waals surface area (Å²) in [6.45, 7) is 6.83. The Morgan fingerprint density at radius 3 is 2.46 bits per heavy atom. The largest absolute Gasteiger partial charge is 0.378 e. The molecule has 1 amide bonds. The molecule has 8 heteroatoms. The fraction of sp³-hybridized carbons (Fsp3) is 0.562. The third kappa shape index (κ3) is 4.31. The zero-order valence-electron chi connectivity index (χ0n) is 14.1. The number of morpholine rings is 1. The molecule has 134 valence electrons. The summed E-state index contributed by atoms with van der Waals surface area (Å²) in [6.07, 6.45) is 0. The maximum Gasteiger partial charge on any atom is 0.241 e. The molecule has 1 atom stereocenters. The lowest BCUT2D eigenvalue weighted by atomic mass is 10.0. The average molecular weight is 358 g/mol. The van der Waals surface area contributed by atoms with Gasteiger partial charge >= 0.3 is 0 Å². The molecule has 0 aromatic heterocycles. The van der Waals surface area contributed by atoms with Crippen molar-refractivity contribution in [3.8, 4) is 0 Å². The highest BCUT2D eigenvalue weighted by molar-refractivity contribution is 7.89. The van der Waals surface area contributed by atoms with E-state index in [1.807, 2.05) is 0 Å². The number of sulfonamides is 1. The van der Waals surface area contributed by atoms with Crippen molar-refractivity contribution in [2.24, 2.45) is 5.92 Å². The first kappa shape index (κ1) is 18.8. The molecule has 1 aromatic rings. The topological polar surface area (TPSA) is 75.7 Å². The number of nitrogens with zero attached hydrogens (tertiary/aromatic N) is 1. The first-order valence-corrected chi connectivity index (χ1v) is 9.35. The molecule has 1 N–H and O–H groups in total. The van der Waals surface area contributed by atoms with Crippen LogP contribution in [-0.4, -0.2) is 51.6 Å². The second-order valence-electron chi connectivity index (χ2n) is 6.19. The van der Waals surface area contributed by atoms with Gasteiger partial charge in [-0.15, -0.1) is 0 Å². The third-order valence-electron chi connectivity index (χ3n) is 3.98. The highest BCUT2D eigenvalue weighted by Crippen LogP contribution is 2.17. The van der Waals surface area contributed by atoms with Crippen molar-refractivity contribution in [1.29, 1.82) is 0 Å². The molecule has 0 unspecified atom stereocenters. The van der Waals surface area contributed by atoms with Gasteiger partial charge in [0, 0.05) is 13.1 Å². The van der Waals surface area contributed by atoms with Crippen LogP contribution >= 0.6 is 0 Å². The van der Waals surface area contributed by atoms with Crippen LogP contribution in [0.15, 0.2) is 23.1 Å². The van der Waals surface area contributed by atoms with Crippen molar-refractivity contribution in [1.82, 2.24) is 9.62 Å². The van der Waals surface area contributed by atoms with Crippen molar-refractivity contribution in [3.05, 3.63) is 29.6 Å². The van der Waals surface area contributed by atoms with E-state index in [2.05, 4.69) is 4.72 Å². The Morgan fingerprint density at radius 1 is 1.29 bits per heavy atom. The number of ether oxygens (including phenoxy) is 1. The Morgan fingerprint density at radius 2 is 1.92 bits per heavy atom. The highest BCUT2D eigenvalue weighted by atomic mass is 32.2. The van der Waals surface area contributed by atoms with Crippen LogP contribution in [0, 0.1) is 18.7 Å². The van der Waals surface area contributed by atoms with Gasteiger partial charge in [-0.2, -0.15) is 4.72 Å². The zero-order valence-corrected chi connectivity index (χ0v) is 14.9. The van der Waals surface area contributed by atoms with Gasteiger partial charge in [0.25, 0.3) is 0 Å². The number of halogens is 1. The van der Waals surface area contributed by atoms with Crippen LogP contribution in [0.4, 0.5) is 4.39 Å². The first-order valence-electron chi connectivity index (χ1n) is 7.87. The van der Waals surface area contributed by atoms with Crippen LogP contribution in [0.3, 0.4) is 0 Å². The Labute approximate surface area is 142 Å². The second kappa shape index (κ2) is 7.58. The van der Waals surface area contributed by atoms with Crippen molar-refractivity contribution in [2.75, 3.05) is 26.3 Å². The standard InChI is InChI=1S/C16H23FN2O4S/c1-11(2)15(16(20)19-6-8-23-9-7-19)18-24(21,22)13-4-5-14(17)12(3)10-13/h4-5,10-11,15,18H,6-9H2,1-3H3/t15-/m0/s1. The van der Waals surface area contributed by atoms with E-state index in [4.69, 9.17) is 4.74 Å². The normalized spacial score (nSPS) is 17.1. The smallest absolute Gasteiger partial charge is 0.241 e. The number of carbonyl (C=O) groups is 1. The molecule has 0 aliphatic carbocycles. The molecule has 1 aliphatic heterocycles. The van der Waals surface area contributed by atoms with Gasteiger partial charge in [-0.25, -0.2) is 12.8 Å². The van der Waals surface area contributed by atoms with E-state index >= 15 is 0 Å². The molecule has 0 spiro atoms. The van der Waals surface area contributed by atoms with E-state index in [1.54, 1.807) is 18.7 Å². The lowest BCUT2D eigenvalue weighted by molar-refractivity contribution is -0.138. The van der Waals surface area contributed by atoms with Crippen LogP contribution in [0.1, 0.15) is 19.4 Å². The molecule has 0 saturated carbocycles. The predicted octanol–water partition coefficient (Wildman–Crippen LogP) is 1.30. The summed E-state index contributed by atoms with van der Waals surface area (Å²) in [5.41, 5.74) is 0.235. The minimum absolute atomic E-state index is 0.0539. The summed E-state index contributed by atoms with van der Waals surface area (Å²) < 4.78 is 46.2. The summed E-state index contributed by atoms with van der Waals surface area (Å²) in [5.74, 6) is -0.967. The Bertz CT molecular complexity index is 700. The molecule has 2 rings (SSSR count). The van der Waals surface area contributed by atoms with Crippen molar-refractivity contribution in [3.63, 3.8) is 0 Å². The second-order valence-corrected chi connectivity index (χ2v) is 7.91. The van der Waals surface area contributed by atoms with E-state index < -0.39 is 21.9 Å². The van der Waals surface area contributed by atoms with E-state index in [-0.39, 0.29) is 22.3 Å². The lowest BCUT2D eigenvalue weighted by Gasteiger charge is -2.32. The summed E-state index contributed by atoms with van der Waals surface area (Å²) in [6, 6.07) is 2.69. The summed E-state index contributed by atoms with van der Waals surface area (Å²) in [5, 5.41) is 0. The number of rotatable bonds is 5. The summed E-state index contributed by atoms with van der Waals surface area (Å²) >= 11 is 0. The number of hydrogen-bond donors (Lipinski definition) is 1. The van der Waals surface area contributed by atoms with E-state index in [0.29, 0.717) is 26.3 Å². The highest BCUT2D eigenvalue weighted by Gasteiger charge is 2.32. The van der Waals surface area contributed by atoms with Gasteiger partial charge in [-0.05, 0) is 36.6 Å². The molecular weight excluding hydrogens is 335 g/mol. The molecule has 0 bridgehead atoms. The van der Waals surface area contributed by atoms with E-state index in [9.17, 15) is 17.6 Å². The fourth-order valence-corrected chi connectivity index (χ4v) is 3.89. The van der Waals surface area contributed by atoms with Crippen molar-refractivity contribution >= 4 is 15.9 Å². The minimum Gasteiger partial charge on any atom is -0.378 e. The van der Waals surface area contributed by atoms with Gasteiger partial charge in [-0.1, -0.05) is 13.8 Å². The number of carbonyl (C=O) groups excluding carboxylic acids is 1. The van der Waals surface area contributed by atoms with E-state index in [0.717, 1.165) is 6.07 Å². The van der Waals surface area contributed by atoms with Crippen LogP contribution in [0.2, 0.25) is 0 Å². The van der Waals surface area contributed by atoms with Crippen LogP contribution in [0.5, 0.6) is 0 Å². The SMILES string of the molecule is Cc1cc(S(=O)(=O)N[C@H](C(=O)N2CCOCC2)C(C)C)ccc1F. The summed E-state index contributed by atoms with van der Waals surface area (Å²) in [4.78, 5) is 14.2. The number of benzene rings is 1. The number of amides is 1. The van der Waals surface area contributed by atoms with Gasteiger partial charge in [0.05, 0.1) is 18.1 Å². The van der Waals surface area contributed by atoms with Gasteiger partial charge in [0.2, 0.25) is 15.9 Å². The van der Waals surface area contributed by atoms with Gasteiger partial charge in [-0.3, -0.25) is 4.79 Å². The fourth-order valence-electron chi connectivity index (χ4n) is 2.47. The molecule has 1 aromatic carbocycles. The lowest BCUT2D eigenvalue weighted by Crippen LogP contribution is -2.53. The van der Waals surface area contributed by atoms with Gasteiger partial charge in [0.15, 0.2) is 0 Å². The molecule has 1 heterocycles. The average Bonchev–Trinajstić information content (AvgIpc) is 2.55. The van der Waals surface area contributed by atoms with Crippen molar-refractivity contribution in [2.45, 2.75) is 31.7 Å². The van der Waals surface area contributed by atoms with Gasteiger partial charge < -0.3 is 9.64 Å². The zero-order chi connectivity index (χ0) is 17.9. The predicted molar refractivity (Wildman–Crippen MR) is 87.5 cm³/mol. The van der Waals surface area contributed by atoms with Crippen LogP contribution in [-0.2, 0) is 19.6 Å². The maximum absolute atomic E-state index is 13.4. The Kier molecular flexibility index (Phi) is 5.95. The van der Waals surface area contributed by atoms with Crippen LogP contribution < -0.4 is 4.72 Å². The van der Waals surface area contributed by atoms with Gasteiger partial charge in [0.1, 0.15) is 11.9 Å². The maximum atomic E-state index is 13.4. The minimum atomic E-state index is -3.92. The third-order valence-corrected chi connectivity index (χ3v) is 5.42. The molecular formula is C16H23FN2O4S. The molecule has 1 aliphatic rings. The molecule has 24 heavy (non-hydrogen) atoms. The number of aryl methyl sites for hydroxylation is 1. The quantitative estimate of drug-likeness (QED) is 0.861. The number of hydrogen-bond acceptors (Lipinski definition) is 4. The van der Waals surface area contributed by atoms with Crippen LogP contribution in [0.25, 0.3) is 0 Å². The molecule has 6 nitrogen and oxygen atoms in total. The van der Waals surface area contributed by atoms with Crippen molar-refractivity contribution < 1.29 is 22.3 Å². The number of nitrogens with one attached hydrogen (secondary N) is 1. The van der Waals surface area contributed by atoms with E-state index in [1.165, 1.54) is 19.1 Å². The molecule has 1 saturated heterocycles. The Hall–Kier alpha value is -1.51.